The Kier molecular flexibility index (Phi) is 7.36. The molecule has 0 heterocycles. The summed E-state index contributed by atoms with van der Waals surface area (Å²) in [6.45, 7) is 5.79. The van der Waals surface area contributed by atoms with E-state index in [9.17, 15) is 4.39 Å². The monoisotopic (exact) mass is 287 g/mol. The molecule has 0 aliphatic carbocycles. The van der Waals surface area contributed by atoms with E-state index < -0.39 is 0 Å². The van der Waals surface area contributed by atoms with E-state index in [0.717, 1.165) is 19.6 Å². The number of ether oxygens (including phenoxy) is 1. The van der Waals surface area contributed by atoms with Crippen LogP contribution in [0.3, 0.4) is 0 Å². The van der Waals surface area contributed by atoms with Crippen molar-refractivity contribution in [2.24, 2.45) is 5.92 Å². The van der Waals surface area contributed by atoms with E-state index in [0.29, 0.717) is 22.9 Å². The van der Waals surface area contributed by atoms with Crippen LogP contribution in [0, 0.1) is 11.7 Å². The van der Waals surface area contributed by atoms with Crippen LogP contribution in [0.25, 0.3) is 0 Å². The fourth-order valence-corrected chi connectivity index (χ4v) is 2.53. The molecule has 1 N–H and O–H groups in total. The van der Waals surface area contributed by atoms with Gasteiger partial charge >= 0.3 is 0 Å². The van der Waals surface area contributed by atoms with Crippen molar-refractivity contribution >= 4 is 11.6 Å². The van der Waals surface area contributed by atoms with Crippen LogP contribution in [0.2, 0.25) is 5.02 Å². The van der Waals surface area contributed by atoms with E-state index in [1.54, 1.807) is 19.2 Å². The highest BCUT2D eigenvalue weighted by atomic mass is 35.5. The zero-order valence-corrected chi connectivity index (χ0v) is 12.6. The molecule has 0 radical (unpaired) electrons. The number of benzene rings is 1. The molecule has 0 saturated carbocycles. The molecule has 1 aromatic carbocycles. The number of hydrogen-bond donors (Lipinski definition) is 1. The Morgan fingerprint density at radius 2 is 2.16 bits per heavy atom. The molecular weight excluding hydrogens is 265 g/mol. The largest absolute Gasteiger partial charge is 0.384 e. The van der Waals surface area contributed by atoms with Crippen molar-refractivity contribution in [3.05, 3.63) is 34.6 Å². The number of hydrogen-bond acceptors (Lipinski definition) is 2. The minimum Gasteiger partial charge on any atom is -0.384 e. The van der Waals surface area contributed by atoms with Gasteiger partial charge in [-0.05, 0) is 49.1 Å². The normalized spacial score (nSPS) is 14.4. The molecule has 0 aromatic heterocycles. The van der Waals surface area contributed by atoms with E-state index in [1.807, 2.05) is 0 Å². The average molecular weight is 288 g/mol. The molecule has 108 valence electrons. The van der Waals surface area contributed by atoms with Gasteiger partial charge < -0.3 is 10.1 Å². The summed E-state index contributed by atoms with van der Waals surface area (Å²) in [5.74, 6) is 0.253. The highest BCUT2D eigenvalue weighted by Crippen LogP contribution is 2.18. The molecule has 0 saturated heterocycles. The van der Waals surface area contributed by atoms with Crippen molar-refractivity contribution in [2.45, 2.75) is 32.7 Å². The predicted molar refractivity (Wildman–Crippen MR) is 78.2 cm³/mol. The van der Waals surface area contributed by atoms with Gasteiger partial charge in [0.05, 0.1) is 0 Å². The first-order valence-corrected chi connectivity index (χ1v) is 7.10. The maximum atomic E-state index is 13.7. The predicted octanol–water partition coefficient (Wildman–Crippen LogP) is 3.67. The molecule has 0 amide bonds. The third-order valence-electron chi connectivity index (χ3n) is 3.10. The molecule has 1 aromatic rings. The Labute approximate surface area is 120 Å². The van der Waals surface area contributed by atoms with Crippen molar-refractivity contribution in [2.75, 3.05) is 20.3 Å². The number of rotatable bonds is 8. The van der Waals surface area contributed by atoms with E-state index in [2.05, 4.69) is 19.2 Å². The topological polar surface area (TPSA) is 21.3 Å². The molecule has 2 atom stereocenters. The lowest BCUT2D eigenvalue weighted by molar-refractivity contribution is 0.149. The molecule has 1 rings (SSSR count). The van der Waals surface area contributed by atoms with E-state index in [-0.39, 0.29) is 11.9 Å². The molecule has 19 heavy (non-hydrogen) atoms. The van der Waals surface area contributed by atoms with E-state index >= 15 is 0 Å². The Morgan fingerprint density at radius 3 is 2.79 bits per heavy atom. The lowest BCUT2D eigenvalue weighted by Crippen LogP contribution is -2.33. The van der Waals surface area contributed by atoms with Crippen molar-refractivity contribution in [3.8, 4) is 0 Å². The first kappa shape index (κ1) is 16.4. The molecule has 2 nitrogen and oxygen atoms in total. The summed E-state index contributed by atoms with van der Waals surface area (Å²) in [4.78, 5) is 0. The number of nitrogens with one attached hydrogen (secondary N) is 1. The van der Waals surface area contributed by atoms with Crippen LogP contribution >= 0.6 is 11.6 Å². The Morgan fingerprint density at radius 1 is 1.42 bits per heavy atom. The Balaban J connectivity index is 2.69. The van der Waals surface area contributed by atoms with Gasteiger partial charge in [0.1, 0.15) is 5.82 Å². The van der Waals surface area contributed by atoms with Gasteiger partial charge in [0, 0.05) is 24.8 Å². The van der Waals surface area contributed by atoms with Crippen LogP contribution in [0.5, 0.6) is 0 Å². The van der Waals surface area contributed by atoms with Crippen LogP contribution < -0.4 is 5.32 Å². The van der Waals surface area contributed by atoms with Gasteiger partial charge in [-0.25, -0.2) is 4.39 Å². The van der Waals surface area contributed by atoms with Gasteiger partial charge in [-0.15, -0.1) is 0 Å². The van der Waals surface area contributed by atoms with E-state index in [4.69, 9.17) is 16.3 Å². The SMILES string of the molecule is CCNC(Cc1cc(Cl)ccc1F)CC(C)COC. The summed E-state index contributed by atoms with van der Waals surface area (Å²) in [5.41, 5.74) is 0.670. The van der Waals surface area contributed by atoms with Gasteiger partial charge in [0.2, 0.25) is 0 Å². The minimum atomic E-state index is -0.188. The van der Waals surface area contributed by atoms with Crippen LogP contribution in [0.15, 0.2) is 18.2 Å². The Bertz CT molecular complexity index is 386. The fraction of sp³-hybridized carbons (Fsp3) is 0.600. The fourth-order valence-electron chi connectivity index (χ4n) is 2.33. The van der Waals surface area contributed by atoms with Crippen LogP contribution in [0.4, 0.5) is 4.39 Å². The molecule has 0 aliphatic heterocycles. The summed E-state index contributed by atoms with van der Waals surface area (Å²) in [6, 6.07) is 4.96. The summed E-state index contributed by atoms with van der Waals surface area (Å²) in [6.07, 6.45) is 1.60. The zero-order chi connectivity index (χ0) is 14.3. The highest BCUT2D eigenvalue weighted by molar-refractivity contribution is 6.30. The number of likely N-dealkylation sites (N-methyl/N-ethyl adjacent to an activating group) is 1. The first-order chi connectivity index (χ1) is 9.06. The molecule has 0 aliphatic rings. The number of halogens is 2. The lowest BCUT2D eigenvalue weighted by Gasteiger charge is -2.22. The third kappa shape index (κ3) is 5.89. The van der Waals surface area contributed by atoms with Gasteiger partial charge in [0.25, 0.3) is 0 Å². The summed E-state index contributed by atoms with van der Waals surface area (Å²) >= 11 is 5.93. The lowest BCUT2D eigenvalue weighted by atomic mass is 9.96. The van der Waals surface area contributed by atoms with Gasteiger partial charge in [-0.2, -0.15) is 0 Å². The first-order valence-electron chi connectivity index (χ1n) is 6.73. The average Bonchev–Trinajstić information content (AvgIpc) is 2.34. The second-order valence-corrected chi connectivity index (χ2v) is 5.43. The second kappa shape index (κ2) is 8.51. The van der Waals surface area contributed by atoms with Crippen LogP contribution in [-0.2, 0) is 11.2 Å². The second-order valence-electron chi connectivity index (χ2n) is 4.99. The molecule has 0 fully saturated rings. The third-order valence-corrected chi connectivity index (χ3v) is 3.34. The minimum absolute atomic E-state index is 0.188. The maximum Gasteiger partial charge on any atom is 0.126 e. The van der Waals surface area contributed by atoms with Crippen molar-refractivity contribution in [3.63, 3.8) is 0 Å². The van der Waals surface area contributed by atoms with Gasteiger partial charge in [-0.3, -0.25) is 0 Å². The summed E-state index contributed by atoms with van der Waals surface area (Å²) in [7, 11) is 1.70. The highest BCUT2D eigenvalue weighted by Gasteiger charge is 2.15. The van der Waals surface area contributed by atoms with Crippen molar-refractivity contribution < 1.29 is 9.13 Å². The molecule has 0 spiro atoms. The standard InChI is InChI=1S/C15H23ClFNO/c1-4-18-14(7-11(2)10-19-3)9-12-8-13(16)5-6-15(12)17/h5-6,8,11,14,18H,4,7,9-10H2,1-3H3. The maximum absolute atomic E-state index is 13.7. The molecule has 2 unspecified atom stereocenters. The molecular formula is C15H23ClFNO. The van der Waals surface area contributed by atoms with Gasteiger partial charge in [-0.1, -0.05) is 25.4 Å². The molecule has 0 bridgehead atoms. The molecule has 4 heteroatoms. The van der Waals surface area contributed by atoms with Crippen LogP contribution in [0.1, 0.15) is 25.8 Å². The number of methoxy groups -OCH3 is 1. The quantitative estimate of drug-likeness (QED) is 0.788. The van der Waals surface area contributed by atoms with Crippen LogP contribution in [-0.4, -0.2) is 26.3 Å². The zero-order valence-electron chi connectivity index (χ0n) is 11.9. The summed E-state index contributed by atoms with van der Waals surface area (Å²) in [5, 5.41) is 3.98. The smallest absolute Gasteiger partial charge is 0.126 e. The van der Waals surface area contributed by atoms with Crippen molar-refractivity contribution in [1.29, 1.82) is 0 Å². The van der Waals surface area contributed by atoms with Crippen molar-refractivity contribution in [1.82, 2.24) is 5.32 Å². The Hall–Kier alpha value is -0.640. The van der Waals surface area contributed by atoms with Gasteiger partial charge in [0.15, 0.2) is 0 Å². The summed E-state index contributed by atoms with van der Waals surface area (Å²) < 4.78 is 18.9. The van der Waals surface area contributed by atoms with E-state index in [1.165, 1.54) is 6.07 Å².